The summed E-state index contributed by atoms with van der Waals surface area (Å²) in [5.41, 5.74) is 4.32. The largest absolute Gasteiger partial charge is 0.324 e. The minimum Gasteiger partial charge on any atom is -0.324 e. The molecule has 1 heterocycles. The van der Waals surface area contributed by atoms with Crippen LogP contribution in [0.25, 0.3) is 17.1 Å². The fraction of sp³-hybridized carbons (Fsp3) is 0.160. The first kappa shape index (κ1) is 24.6. The number of carbonyl (C=O) groups is 1. The van der Waals surface area contributed by atoms with E-state index < -0.39 is 5.25 Å². The van der Waals surface area contributed by atoms with E-state index in [0.29, 0.717) is 31.7 Å². The van der Waals surface area contributed by atoms with E-state index in [4.69, 9.17) is 34.8 Å². The van der Waals surface area contributed by atoms with E-state index in [1.54, 1.807) is 25.1 Å². The first-order valence-electron chi connectivity index (χ1n) is 10.4. The van der Waals surface area contributed by atoms with Crippen LogP contribution in [0.5, 0.6) is 0 Å². The molecule has 0 unspecified atom stereocenters. The number of carbonyl (C=O) groups excluding carboxylic acids is 1. The summed E-state index contributed by atoms with van der Waals surface area (Å²) in [6.07, 6.45) is 0. The zero-order valence-corrected chi connectivity index (χ0v) is 21.7. The molecule has 1 aromatic heterocycles. The number of aromatic nitrogens is 3. The number of halogens is 3. The third kappa shape index (κ3) is 5.26. The number of nitrogens with one attached hydrogen (secondary N) is 1. The Balaban J connectivity index is 1.71. The van der Waals surface area contributed by atoms with Gasteiger partial charge in [-0.1, -0.05) is 70.8 Å². The predicted octanol–water partition coefficient (Wildman–Crippen LogP) is 7.63. The number of hydrogen-bond acceptors (Lipinski definition) is 4. The van der Waals surface area contributed by atoms with Gasteiger partial charge in [0, 0.05) is 10.6 Å². The highest BCUT2D eigenvalue weighted by molar-refractivity contribution is 8.00. The maximum atomic E-state index is 13.0. The van der Waals surface area contributed by atoms with Crippen molar-refractivity contribution in [3.05, 3.63) is 86.9 Å². The Kier molecular flexibility index (Phi) is 7.53. The Morgan fingerprint density at radius 2 is 1.74 bits per heavy atom. The van der Waals surface area contributed by atoms with Crippen LogP contribution in [0.4, 0.5) is 5.69 Å². The highest BCUT2D eigenvalue weighted by Crippen LogP contribution is 2.35. The lowest BCUT2D eigenvalue weighted by Gasteiger charge is -2.16. The van der Waals surface area contributed by atoms with Gasteiger partial charge in [-0.3, -0.25) is 9.36 Å². The van der Waals surface area contributed by atoms with E-state index in [1.807, 2.05) is 48.7 Å². The molecule has 0 fully saturated rings. The molecule has 0 radical (unpaired) electrons. The minimum atomic E-state index is -0.487. The van der Waals surface area contributed by atoms with E-state index >= 15 is 0 Å². The topological polar surface area (TPSA) is 59.8 Å². The van der Waals surface area contributed by atoms with Crippen LogP contribution in [0.1, 0.15) is 18.1 Å². The Bertz CT molecular complexity index is 1370. The molecule has 0 aliphatic carbocycles. The monoisotopic (exact) mass is 530 g/mol. The molecule has 1 atom stereocenters. The van der Waals surface area contributed by atoms with Gasteiger partial charge in [0.15, 0.2) is 11.0 Å². The number of amides is 1. The van der Waals surface area contributed by atoms with E-state index in [2.05, 4.69) is 27.6 Å². The molecule has 4 rings (SSSR count). The van der Waals surface area contributed by atoms with Gasteiger partial charge >= 0.3 is 0 Å². The lowest BCUT2D eigenvalue weighted by atomic mass is 10.1. The number of benzene rings is 3. The fourth-order valence-electron chi connectivity index (χ4n) is 3.38. The number of nitrogens with zero attached hydrogens (tertiary/aromatic N) is 3. The highest BCUT2D eigenvalue weighted by atomic mass is 35.5. The average Bonchev–Trinajstić information content (AvgIpc) is 3.20. The number of aryl methyl sites for hydroxylation is 2. The smallest absolute Gasteiger partial charge is 0.237 e. The highest BCUT2D eigenvalue weighted by Gasteiger charge is 2.24. The maximum absolute atomic E-state index is 13.0. The van der Waals surface area contributed by atoms with Crippen molar-refractivity contribution < 1.29 is 4.79 Å². The SMILES string of the molecule is Cc1ccc(C)c(-n2c(S[C@@H](C)C(=O)Nc3ccc(Cl)cc3Cl)nnc2-c2ccccc2Cl)c1. The van der Waals surface area contributed by atoms with Gasteiger partial charge in [-0.25, -0.2) is 0 Å². The first-order valence-corrected chi connectivity index (χ1v) is 12.5. The molecule has 0 aliphatic rings. The van der Waals surface area contributed by atoms with Crippen LogP contribution in [-0.2, 0) is 4.79 Å². The number of thioether (sulfide) groups is 1. The average molecular weight is 532 g/mol. The zero-order valence-electron chi connectivity index (χ0n) is 18.6. The lowest BCUT2D eigenvalue weighted by Crippen LogP contribution is -2.23. The van der Waals surface area contributed by atoms with Gasteiger partial charge in [-0.2, -0.15) is 0 Å². The number of hydrogen-bond donors (Lipinski definition) is 1. The van der Waals surface area contributed by atoms with Crippen molar-refractivity contribution in [2.45, 2.75) is 31.2 Å². The summed E-state index contributed by atoms with van der Waals surface area (Å²) in [7, 11) is 0. The van der Waals surface area contributed by atoms with E-state index in [9.17, 15) is 4.79 Å². The Morgan fingerprint density at radius 3 is 2.47 bits per heavy atom. The van der Waals surface area contributed by atoms with Gasteiger partial charge in [-0.15, -0.1) is 10.2 Å². The van der Waals surface area contributed by atoms with Gasteiger partial charge in [0.2, 0.25) is 5.91 Å². The molecule has 0 saturated carbocycles. The third-order valence-electron chi connectivity index (χ3n) is 5.19. The van der Waals surface area contributed by atoms with Gasteiger partial charge in [0.05, 0.1) is 26.7 Å². The Morgan fingerprint density at radius 1 is 0.971 bits per heavy atom. The van der Waals surface area contributed by atoms with E-state index in [0.717, 1.165) is 22.4 Å². The van der Waals surface area contributed by atoms with Crippen LogP contribution in [0, 0.1) is 13.8 Å². The number of rotatable bonds is 6. The van der Waals surface area contributed by atoms with Crippen molar-refractivity contribution in [2.75, 3.05) is 5.32 Å². The van der Waals surface area contributed by atoms with Crippen LogP contribution in [0.2, 0.25) is 15.1 Å². The van der Waals surface area contributed by atoms with Crippen LogP contribution >= 0.6 is 46.6 Å². The van der Waals surface area contributed by atoms with Crippen LogP contribution in [0.15, 0.2) is 65.8 Å². The summed E-state index contributed by atoms with van der Waals surface area (Å²) in [4.78, 5) is 13.0. The summed E-state index contributed by atoms with van der Waals surface area (Å²) in [6, 6.07) is 18.6. The molecule has 0 spiro atoms. The lowest BCUT2D eigenvalue weighted by molar-refractivity contribution is -0.115. The van der Waals surface area contributed by atoms with Crippen LogP contribution in [0.3, 0.4) is 0 Å². The molecular formula is C25H21Cl3N4OS. The molecule has 9 heteroatoms. The standard InChI is InChI=1S/C25H21Cl3N4OS/c1-14-8-9-15(2)22(12-14)32-23(18-6-4-5-7-19(18)27)30-31-25(32)34-16(3)24(33)29-21-11-10-17(26)13-20(21)28/h4-13,16H,1-3H3,(H,29,33)/t16-/m0/s1. The third-order valence-corrected chi connectivity index (χ3v) is 7.11. The summed E-state index contributed by atoms with van der Waals surface area (Å²) >= 11 is 20.0. The van der Waals surface area contributed by atoms with Crippen molar-refractivity contribution in [3.63, 3.8) is 0 Å². The van der Waals surface area contributed by atoms with Crippen molar-refractivity contribution in [2.24, 2.45) is 0 Å². The molecule has 1 N–H and O–H groups in total. The van der Waals surface area contributed by atoms with Crippen molar-refractivity contribution in [1.82, 2.24) is 14.8 Å². The zero-order chi connectivity index (χ0) is 24.4. The molecule has 3 aromatic carbocycles. The number of anilines is 1. The minimum absolute atomic E-state index is 0.218. The molecular weight excluding hydrogens is 511 g/mol. The Hall–Kier alpha value is -2.51. The van der Waals surface area contributed by atoms with E-state index in [-0.39, 0.29) is 5.91 Å². The normalized spacial score (nSPS) is 11.9. The Labute approximate surface area is 217 Å². The molecule has 4 aromatic rings. The summed E-state index contributed by atoms with van der Waals surface area (Å²) in [5.74, 6) is 0.388. The second kappa shape index (κ2) is 10.4. The molecule has 0 saturated heterocycles. The van der Waals surface area contributed by atoms with Gasteiger partial charge in [0.1, 0.15) is 0 Å². The fourth-order valence-corrected chi connectivity index (χ4v) is 4.91. The van der Waals surface area contributed by atoms with Gasteiger partial charge in [-0.05, 0) is 68.3 Å². The van der Waals surface area contributed by atoms with E-state index in [1.165, 1.54) is 11.8 Å². The molecule has 5 nitrogen and oxygen atoms in total. The van der Waals surface area contributed by atoms with Crippen molar-refractivity contribution >= 4 is 58.2 Å². The van der Waals surface area contributed by atoms with Crippen molar-refractivity contribution in [3.8, 4) is 17.1 Å². The summed E-state index contributed by atoms with van der Waals surface area (Å²) in [5, 5.41) is 13.3. The summed E-state index contributed by atoms with van der Waals surface area (Å²) in [6.45, 7) is 5.86. The van der Waals surface area contributed by atoms with Gasteiger partial charge < -0.3 is 5.32 Å². The molecule has 34 heavy (non-hydrogen) atoms. The van der Waals surface area contributed by atoms with Gasteiger partial charge in [0.25, 0.3) is 0 Å². The molecule has 174 valence electrons. The van der Waals surface area contributed by atoms with Crippen molar-refractivity contribution in [1.29, 1.82) is 0 Å². The molecule has 0 aliphatic heterocycles. The second-order valence-corrected chi connectivity index (χ2v) is 10.3. The predicted molar refractivity (Wildman–Crippen MR) is 142 cm³/mol. The summed E-state index contributed by atoms with van der Waals surface area (Å²) < 4.78 is 1.95. The molecule has 1 amide bonds. The molecule has 0 bridgehead atoms. The van der Waals surface area contributed by atoms with Crippen LogP contribution in [-0.4, -0.2) is 25.9 Å². The first-order chi connectivity index (χ1) is 16.2. The maximum Gasteiger partial charge on any atom is 0.237 e. The second-order valence-electron chi connectivity index (χ2n) is 7.78. The van der Waals surface area contributed by atoms with Crippen LogP contribution < -0.4 is 5.32 Å². The quantitative estimate of drug-likeness (QED) is 0.260.